The molecule has 2 aromatic rings. The first kappa shape index (κ1) is 17.3. The molecule has 0 saturated heterocycles. The molecule has 0 spiro atoms. The molecule has 0 aliphatic heterocycles. The molecule has 0 aliphatic rings. The lowest BCUT2D eigenvalue weighted by molar-refractivity contribution is 0.414. The highest BCUT2D eigenvalue weighted by molar-refractivity contribution is 7.92. The minimum absolute atomic E-state index is 0.216. The molecule has 0 saturated carbocycles. The molecule has 0 heterocycles. The van der Waals surface area contributed by atoms with E-state index in [1.807, 2.05) is 25.1 Å². The number of rotatable bonds is 7. The smallest absolute Gasteiger partial charge is 0.261 e. The van der Waals surface area contributed by atoms with Gasteiger partial charge in [0.15, 0.2) is 0 Å². The van der Waals surface area contributed by atoms with E-state index in [1.54, 1.807) is 19.2 Å². The Morgan fingerprint density at radius 1 is 1.09 bits per heavy atom. The third-order valence-corrected chi connectivity index (χ3v) is 5.11. The van der Waals surface area contributed by atoms with Crippen LogP contribution in [-0.4, -0.2) is 15.5 Å². The fourth-order valence-electron chi connectivity index (χ4n) is 2.34. The number of methoxy groups -OCH3 is 1. The molecule has 0 bridgehead atoms. The maximum atomic E-state index is 12.5. The lowest BCUT2D eigenvalue weighted by Crippen LogP contribution is -2.13. The summed E-state index contributed by atoms with van der Waals surface area (Å²) in [5, 5.41) is 0. The van der Waals surface area contributed by atoms with Crippen molar-refractivity contribution in [2.45, 2.75) is 38.0 Å². The number of hydrogen-bond acceptors (Lipinski definition) is 3. The van der Waals surface area contributed by atoms with Gasteiger partial charge < -0.3 is 4.74 Å². The minimum Gasteiger partial charge on any atom is -0.497 e. The van der Waals surface area contributed by atoms with Gasteiger partial charge in [-0.25, -0.2) is 8.42 Å². The molecule has 0 amide bonds. The number of ether oxygens (including phenoxy) is 1. The predicted octanol–water partition coefficient (Wildman–Crippen LogP) is 4.15. The van der Waals surface area contributed by atoms with E-state index < -0.39 is 10.0 Å². The molecule has 4 nitrogen and oxygen atoms in total. The van der Waals surface area contributed by atoms with Crippen LogP contribution in [0.4, 0.5) is 5.69 Å². The molecule has 2 aromatic carbocycles. The number of hydrogen-bond donors (Lipinski definition) is 1. The van der Waals surface area contributed by atoms with E-state index >= 15 is 0 Å². The molecular formula is C18H23NO3S. The van der Waals surface area contributed by atoms with Crippen LogP contribution >= 0.6 is 0 Å². The molecule has 0 aliphatic carbocycles. The van der Waals surface area contributed by atoms with Crippen molar-refractivity contribution in [1.29, 1.82) is 0 Å². The second-order valence-corrected chi connectivity index (χ2v) is 7.22. The van der Waals surface area contributed by atoms with Crippen LogP contribution in [0.25, 0.3) is 0 Å². The quantitative estimate of drug-likeness (QED) is 0.828. The van der Waals surface area contributed by atoms with Gasteiger partial charge in [-0.3, -0.25) is 4.72 Å². The molecule has 0 atom stereocenters. The Bertz CT molecular complexity index is 752. The van der Waals surface area contributed by atoms with Gasteiger partial charge in [-0.05, 0) is 61.2 Å². The summed E-state index contributed by atoms with van der Waals surface area (Å²) >= 11 is 0. The maximum absolute atomic E-state index is 12.5. The molecule has 2 rings (SSSR count). The summed E-state index contributed by atoms with van der Waals surface area (Å²) in [6.07, 6.45) is 3.30. The van der Waals surface area contributed by atoms with E-state index in [0.717, 1.165) is 24.8 Å². The van der Waals surface area contributed by atoms with Crippen molar-refractivity contribution in [2.75, 3.05) is 11.8 Å². The summed E-state index contributed by atoms with van der Waals surface area (Å²) in [7, 11) is -2.05. The normalized spacial score (nSPS) is 11.3. The molecule has 124 valence electrons. The van der Waals surface area contributed by atoms with Crippen LogP contribution in [0.1, 0.15) is 30.9 Å². The van der Waals surface area contributed by atoms with Crippen LogP contribution in [0.3, 0.4) is 0 Å². The van der Waals surface area contributed by atoms with Gasteiger partial charge in [-0.1, -0.05) is 25.5 Å². The van der Waals surface area contributed by atoms with Crippen molar-refractivity contribution in [3.63, 3.8) is 0 Å². The largest absolute Gasteiger partial charge is 0.497 e. The average Bonchev–Trinajstić information content (AvgIpc) is 2.55. The Morgan fingerprint density at radius 3 is 2.35 bits per heavy atom. The highest BCUT2D eigenvalue weighted by Crippen LogP contribution is 2.23. The van der Waals surface area contributed by atoms with E-state index in [-0.39, 0.29) is 4.90 Å². The molecule has 0 aromatic heterocycles. The number of sulfonamides is 1. The number of unbranched alkanes of at least 4 members (excludes halogenated alkanes) is 1. The van der Waals surface area contributed by atoms with Crippen molar-refractivity contribution < 1.29 is 13.2 Å². The molecule has 0 fully saturated rings. The molecular weight excluding hydrogens is 310 g/mol. The van der Waals surface area contributed by atoms with Crippen LogP contribution < -0.4 is 9.46 Å². The zero-order valence-corrected chi connectivity index (χ0v) is 14.6. The Labute approximate surface area is 138 Å². The molecule has 23 heavy (non-hydrogen) atoms. The molecule has 1 N–H and O–H groups in total. The van der Waals surface area contributed by atoms with E-state index in [2.05, 4.69) is 11.6 Å². The Balaban J connectivity index is 2.19. The van der Waals surface area contributed by atoms with Gasteiger partial charge in [-0.2, -0.15) is 0 Å². The molecule has 0 unspecified atom stereocenters. The Hall–Kier alpha value is -2.01. The fourth-order valence-corrected chi connectivity index (χ4v) is 3.47. The van der Waals surface area contributed by atoms with Crippen molar-refractivity contribution in [1.82, 2.24) is 0 Å². The Kier molecular flexibility index (Phi) is 5.66. The fraction of sp³-hybridized carbons (Fsp3) is 0.333. The van der Waals surface area contributed by atoms with E-state index in [0.29, 0.717) is 11.4 Å². The summed E-state index contributed by atoms with van der Waals surface area (Å²) < 4.78 is 32.6. The lowest BCUT2D eigenvalue weighted by atomic mass is 10.1. The average molecular weight is 333 g/mol. The van der Waals surface area contributed by atoms with Gasteiger partial charge in [0.1, 0.15) is 5.75 Å². The number of aryl methyl sites for hydroxylation is 2. The van der Waals surface area contributed by atoms with Crippen molar-refractivity contribution in [3.8, 4) is 5.75 Å². The maximum Gasteiger partial charge on any atom is 0.261 e. The summed E-state index contributed by atoms with van der Waals surface area (Å²) in [5.74, 6) is 0.625. The molecule has 5 heteroatoms. The van der Waals surface area contributed by atoms with Crippen LogP contribution in [0.2, 0.25) is 0 Å². The van der Waals surface area contributed by atoms with Crippen LogP contribution in [0.5, 0.6) is 5.75 Å². The third kappa shape index (κ3) is 4.48. The summed E-state index contributed by atoms with van der Waals surface area (Å²) in [6, 6.07) is 12.2. The highest BCUT2D eigenvalue weighted by Gasteiger charge is 2.15. The van der Waals surface area contributed by atoms with Gasteiger partial charge in [0.25, 0.3) is 10.0 Å². The first-order valence-electron chi connectivity index (χ1n) is 7.72. The zero-order valence-electron chi connectivity index (χ0n) is 13.8. The standard InChI is InChI=1S/C18H23NO3S/c1-4-5-6-15-7-12-18(14(2)13-15)19-23(20,21)17-10-8-16(22-3)9-11-17/h7-13,19H,4-6H2,1-3H3. The van der Waals surface area contributed by atoms with Gasteiger partial charge in [0, 0.05) is 0 Å². The third-order valence-electron chi connectivity index (χ3n) is 3.72. The first-order valence-corrected chi connectivity index (χ1v) is 9.21. The summed E-state index contributed by atoms with van der Waals surface area (Å²) in [4.78, 5) is 0.216. The van der Waals surface area contributed by atoms with Gasteiger partial charge in [-0.15, -0.1) is 0 Å². The predicted molar refractivity (Wildman–Crippen MR) is 93.6 cm³/mol. The monoisotopic (exact) mass is 333 g/mol. The summed E-state index contributed by atoms with van der Waals surface area (Å²) in [5.41, 5.74) is 2.77. The zero-order chi connectivity index (χ0) is 16.9. The van der Waals surface area contributed by atoms with Gasteiger partial charge in [0.05, 0.1) is 17.7 Å². The first-order chi connectivity index (χ1) is 11.0. The van der Waals surface area contributed by atoms with Crippen LogP contribution in [0, 0.1) is 6.92 Å². The van der Waals surface area contributed by atoms with Crippen molar-refractivity contribution >= 4 is 15.7 Å². The van der Waals surface area contributed by atoms with E-state index in [1.165, 1.54) is 17.7 Å². The van der Waals surface area contributed by atoms with Gasteiger partial charge >= 0.3 is 0 Å². The number of anilines is 1. The lowest BCUT2D eigenvalue weighted by Gasteiger charge is -2.12. The van der Waals surface area contributed by atoms with E-state index in [9.17, 15) is 8.42 Å². The number of benzene rings is 2. The van der Waals surface area contributed by atoms with Crippen molar-refractivity contribution in [2.24, 2.45) is 0 Å². The van der Waals surface area contributed by atoms with Gasteiger partial charge in [0.2, 0.25) is 0 Å². The van der Waals surface area contributed by atoms with Crippen LogP contribution in [0.15, 0.2) is 47.4 Å². The SMILES string of the molecule is CCCCc1ccc(NS(=O)(=O)c2ccc(OC)cc2)c(C)c1. The van der Waals surface area contributed by atoms with Crippen molar-refractivity contribution in [3.05, 3.63) is 53.6 Å². The number of nitrogens with one attached hydrogen (secondary N) is 1. The second kappa shape index (κ2) is 7.51. The highest BCUT2D eigenvalue weighted by atomic mass is 32.2. The van der Waals surface area contributed by atoms with Crippen LogP contribution in [-0.2, 0) is 16.4 Å². The molecule has 0 radical (unpaired) electrons. The second-order valence-electron chi connectivity index (χ2n) is 5.53. The Morgan fingerprint density at radius 2 is 1.78 bits per heavy atom. The topological polar surface area (TPSA) is 55.4 Å². The minimum atomic E-state index is -3.60. The summed E-state index contributed by atoms with van der Waals surface area (Å²) in [6.45, 7) is 4.07. The van der Waals surface area contributed by atoms with E-state index in [4.69, 9.17) is 4.74 Å².